The summed E-state index contributed by atoms with van der Waals surface area (Å²) < 4.78 is 0. The number of aliphatic hydroxyl groups excluding tert-OH is 3. The fourth-order valence-corrected chi connectivity index (χ4v) is 10.9. The quantitative estimate of drug-likeness (QED) is 0.353. The molecule has 0 spiro atoms. The number of hydrogen-bond acceptors (Lipinski definition) is 5. The lowest BCUT2D eigenvalue weighted by Crippen LogP contribution is -2.69. The van der Waals surface area contributed by atoms with Crippen LogP contribution in [0.3, 0.4) is 0 Å². The SMILES string of the molecule is CC1(C)CC[C@]2(C(=O)O)CC[C@]3(CO)C(=CC[C@@H]4[C@@]5(C)C[C@H](O)[C@H](O)[C@](C)(C(=O)O)C5CC[C@]43C)[C@H]2C1. The van der Waals surface area contributed by atoms with Gasteiger partial charge in [-0.1, -0.05) is 39.3 Å². The normalized spacial score (nSPS) is 52.5. The zero-order chi connectivity index (χ0) is 27.4. The molecule has 5 N–H and O–H groups in total. The summed E-state index contributed by atoms with van der Waals surface area (Å²) >= 11 is 0. The van der Waals surface area contributed by atoms with Crippen LogP contribution in [-0.2, 0) is 9.59 Å². The first-order valence-electron chi connectivity index (χ1n) is 14.2. The molecule has 0 aromatic heterocycles. The van der Waals surface area contributed by atoms with Crippen LogP contribution in [0.4, 0.5) is 0 Å². The minimum absolute atomic E-state index is 0.00408. The van der Waals surface area contributed by atoms with E-state index >= 15 is 0 Å². The van der Waals surface area contributed by atoms with Crippen molar-refractivity contribution in [3.8, 4) is 0 Å². The number of aliphatic carboxylic acids is 2. The molecule has 0 amide bonds. The van der Waals surface area contributed by atoms with E-state index in [1.54, 1.807) is 6.92 Å². The lowest BCUT2D eigenvalue weighted by atomic mass is 9.33. The fraction of sp³-hybridized carbons (Fsp3) is 0.867. The Labute approximate surface area is 220 Å². The molecule has 7 nitrogen and oxygen atoms in total. The third-order valence-corrected chi connectivity index (χ3v) is 13.1. The van der Waals surface area contributed by atoms with E-state index in [1.165, 1.54) is 0 Å². The van der Waals surface area contributed by atoms with Gasteiger partial charge in [0.2, 0.25) is 0 Å². The van der Waals surface area contributed by atoms with Crippen molar-refractivity contribution < 1.29 is 35.1 Å². The van der Waals surface area contributed by atoms with Crippen LogP contribution in [0.5, 0.6) is 0 Å². The second-order valence-corrected chi connectivity index (χ2v) is 14.9. The molecule has 0 heterocycles. The molecule has 208 valence electrons. The topological polar surface area (TPSA) is 135 Å². The van der Waals surface area contributed by atoms with Crippen molar-refractivity contribution in [2.24, 2.45) is 50.2 Å². The van der Waals surface area contributed by atoms with Crippen LogP contribution >= 0.6 is 0 Å². The number of carbonyl (C=O) groups is 2. The molecule has 1 unspecified atom stereocenters. The molecule has 10 atom stereocenters. The van der Waals surface area contributed by atoms with Crippen molar-refractivity contribution in [2.75, 3.05) is 6.61 Å². The second-order valence-electron chi connectivity index (χ2n) is 14.9. The Hall–Kier alpha value is -1.44. The summed E-state index contributed by atoms with van der Waals surface area (Å²) in [5.41, 5.74) is -2.59. The van der Waals surface area contributed by atoms with E-state index in [0.29, 0.717) is 44.9 Å². The zero-order valence-corrected chi connectivity index (χ0v) is 23.1. The summed E-state index contributed by atoms with van der Waals surface area (Å²) in [5, 5.41) is 53.8. The first kappa shape index (κ1) is 27.1. The van der Waals surface area contributed by atoms with Crippen molar-refractivity contribution in [3.05, 3.63) is 11.6 Å². The average Bonchev–Trinajstić information content (AvgIpc) is 2.81. The van der Waals surface area contributed by atoms with Gasteiger partial charge in [-0.2, -0.15) is 0 Å². The molecule has 5 rings (SSSR count). The fourth-order valence-electron chi connectivity index (χ4n) is 10.9. The first-order valence-corrected chi connectivity index (χ1v) is 14.2. The van der Waals surface area contributed by atoms with E-state index in [1.807, 2.05) is 0 Å². The summed E-state index contributed by atoms with van der Waals surface area (Å²) in [6.45, 7) is 10.3. The average molecular weight is 519 g/mol. The predicted octanol–water partition coefficient (Wildman–Crippen LogP) is 4.24. The molecule has 0 aromatic rings. The Balaban J connectivity index is 1.65. The molecule has 4 saturated carbocycles. The van der Waals surface area contributed by atoms with Gasteiger partial charge in [0.05, 0.1) is 29.6 Å². The Morgan fingerprint density at radius 3 is 2.14 bits per heavy atom. The molecule has 5 aliphatic carbocycles. The van der Waals surface area contributed by atoms with Gasteiger partial charge in [-0.15, -0.1) is 0 Å². The highest BCUT2D eigenvalue weighted by Gasteiger charge is 2.72. The van der Waals surface area contributed by atoms with Crippen LogP contribution in [0.2, 0.25) is 0 Å². The molecule has 5 aliphatic rings. The van der Waals surface area contributed by atoms with Gasteiger partial charge in [0, 0.05) is 5.41 Å². The van der Waals surface area contributed by atoms with Crippen LogP contribution in [-0.4, -0.2) is 56.3 Å². The largest absolute Gasteiger partial charge is 0.481 e. The predicted molar refractivity (Wildman–Crippen MR) is 137 cm³/mol. The number of rotatable bonds is 3. The van der Waals surface area contributed by atoms with E-state index in [9.17, 15) is 35.1 Å². The van der Waals surface area contributed by atoms with Gasteiger partial charge in [-0.3, -0.25) is 9.59 Å². The standard InChI is InChI=1S/C30H46O7/c1-25(2)10-11-29(24(36)37)12-13-30(16-31)17(18(29)14-25)6-7-20-26(3)15-19(32)22(33)28(5,23(34)35)21(26)8-9-27(20,30)4/h6,18-22,31-33H,7-16H2,1-5H3,(H,34,35)(H,36,37)/t18-,19+,20-,21?,22+,26-,27-,28-,29+,30+/m1/s1. The summed E-state index contributed by atoms with van der Waals surface area (Å²) in [6, 6.07) is 0. The minimum atomic E-state index is -1.46. The van der Waals surface area contributed by atoms with Crippen LogP contribution in [0.15, 0.2) is 11.6 Å². The molecule has 0 radical (unpaired) electrons. The summed E-state index contributed by atoms with van der Waals surface area (Å²) in [5.74, 6) is -2.22. The highest BCUT2D eigenvalue weighted by Crippen LogP contribution is 2.75. The number of carboxylic acid groups (broad SMARTS) is 2. The first-order chi connectivity index (χ1) is 17.1. The van der Waals surface area contributed by atoms with E-state index in [2.05, 4.69) is 33.8 Å². The number of carboxylic acids is 2. The van der Waals surface area contributed by atoms with Crippen LogP contribution < -0.4 is 0 Å². The molecular weight excluding hydrogens is 472 g/mol. The van der Waals surface area contributed by atoms with E-state index in [-0.39, 0.29) is 35.2 Å². The number of hydrogen-bond donors (Lipinski definition) is 5. The maximum absolute atomic E-state index is 12.8. The Morgan fingerprint density at radius 1 is 0.892 bits per heavy atom. The summed E-state index contributed by atoms with van der Waals surface area (Å²) in [6.07, 6.45) is 5.50. The monoisotopic (exact) mass is 518 g/mol. The van der Waals surface area contributed by atoms with Gasteiger partial charge in [0.15, 0.2) is 0 Å². The molecule has 0 bridgehead atoms. The van der Waals surface area contributed by atoms with Gasteiger partial charge >= 0.3 is 11.9 Å². The van der Waals surface area contributed by atoms with Gasteiger partial charge in [-0.25, -0.2) is 0 Å². The van der Waals surface area contributed by atoms with Gasteiger partial charge in [0.25, 0.3) is 0 Å². The highest BCUT2D eigenvalue weighted by molar-refractivity contribution is 5.77. The van der Waals surface area contributed by atoms with E-state index < -0.39 is 45.8 Å². The molecular formula is C30H46O7. The minimum Gasteiger partial charge on any atom is -0.481 e. The van der Waals surface area contributed by atoms with Crippen molar-refractivity contribution in [1.82, 2.24) is 0 Å². The number of allylic oxidation sites excluding steroid dienone is 1. The van der Waals surface area contributed by atoms with Gasteiger partial charge in [0.1, 0.15) is 0 Å². The van der Waals surface area contributed by atoms with E-state index in [4.69, 9.17) is 0 Å². The van der Waals surface area contributed by atoms with Crippen LogP contribution in [0, 0.1) is 50.2 Å². The van der Waals surface area contributed by atoms with Crippen LogP contribution in [0.25, 0.3) is 0 Å². The number of aliphatic hydroxyl groups is 3. The third kappa shape index (κ3) is 3.17. The lowest BCUT2D eigenvalue weighted by Gasteiger charge is -2.71. The maximum atomic E-state index is 12.8. The van der Waals surface area contributed by atoms with Crippen molar-refractivity contribution in [3.63, 3.8) is 0 Å². The highest BCUT2D eigenvalue weighted by atomic mass is 16.4. The Kier molecular flexibility index (Phi) is 5.90. The molecule has 37 heavy (non-hydrogen) atoms. The van der Waals surface area contributed by atoms with Crippen molar-refractivity contribution in [2.45, 2.75) is 105 Å². The molecule has 4 fully saturated rings. The van der Waals surface area contributed by atoms with Gasteiger partial charge < -0.3 is 25.5 Å². The van der Waals surface area contributed by atoms with E-state index in [0.717, 1.165) is 18.4 Å². The van der Waals surface area contributed by atoms with Crippen molar-refractivity contribution >= 4 is 11.9 Å². The molecule has 0 aliphatic heterocycles. The Morgan fingerprint density at radius 2 is 1.54 bits per heavy atom. The summed E-state index contributed by atoms with van der Waals surface area (Å²) in [7, 11) is 0. The summed E-state index contributed by atoms with van der Waals surface area (Å²) in [4.78, 5) is 25.4. The lowest BCUT2D eigenvalue weighted by molar-refractivity contribution is -0.244. The molecule has 0 aromatic carbocycles. The third-order valence-electron chi connectivity index (χ3n) is 13.1. The zero-order valence-electron chi connectivity index (χ0n) is 23.1. The molecule has 7 heteroatoms. The number of fused-ring (bicyclic) bond motifs is 7. The van der Waals surface area contributed by atoms with Crippen molar-refractivity contribution in [1.29, 1.82) is 0 Å². The smallest absolute Gasteiger partial charge is 0.312 e. The van der Waals surface area contributed by atoms with Crippen LogP contribution in [0.1, 0.15) is 92.4 Å². The Bertz CT molecular complexity index is 1030. The second kappa shape index (κ2) is 8.04. The molecule has 0 saturated heterocycles. The maximum Gasteiger partial charge on any atom is 0.312 e. The van der Waals surface area contributed by atoms with Gasteiger partial charge in [-0.05, 0) is 98.7 Å².